The molecule has 2 N–H and O–H groups in total. The number of anilines is 1. The molecule has 0 saturated carbocycles. The number of hydrogen-bond acceptors (Lipinski definition) is 5. The van der Waals surface area contributed by atoms with Crippen LogP contribution in [-0.2, 0) is 20.0 Å². The molecule has 2 aliphatic rings. The Hall–Kier alpha value is -1.13. The summed E-state index contributed by atoms with van der Waals surface area (Å²) in [6.07, 6.45) is 7.42. The standard InChI is InChI=1S/C20H31N2O3P/c1-3-24-26(23,25-4-2)20(15-17-10-7-8-14-21-17)19-13-12-16-9-5-6-11-18(16)22-19/h5-6,9,11,15,17,19,21-22H,3-4,7-8,10,12-14H2,1-2H3/b20-15+. The fourth-order valence-corrected chi connectivity index (χ4v) is 5.80. The maximum Gasteiger partial charge on any atom is 0.359 e. The molecular weight excluding hydrogens is 347 g/mol. The van der Waals surface area contributed by atoms with Crippen LogP contribution >= 0.6 is 7.60 Å². The number of piperidine rings is 1. The van der Waals surface area contributed by atoms with Gasteiger partial charge in [-0.05, 0) is 57.7 Å². The van der Waals surface area contributed by atoms with Gasteiger partial charge in [-0.1, -0.05) is 30.7 Å². The summed E-state index contributed by atoms with van der Waals surface area (Å²) < 4.78 is 25.0. The molecule has 0 amide bonds. The quantitative estimate of drug-likeness (QED) is 0.673. The van der Waals surface area contributed by atoms with Crippen LogP contribution in [0.5, 0.6) is 0 Å². The second kappa shape index (κ2) is 9.18. The summed E-state index contributed by atoms with van der Waals surface area (Å²) in [6, 6.07) is 8.53. The van der Waals surface area contributed by atoms with Crippen molar-refractivity contribution in [2.75, 3.05) is 25.1 Å². The lowest BCUT2D eigenvalue weighted by molar-refractivity contribution is 0.224. The number of aryl methyl sites for hydroxylation is 1. The summed E-state index contributed by atoms with van der Waals surface area (Å²) in [5, 5.41) is 7.90. The van der Waals surface area contributed by atoms with Crippen LogP contribution in [0, 0.1) is 0 Å². The van der Waals surface area contributed by atoms with Crippen molar-refractivity contribution in [2.45, 2.75) is 58.0 Å². The van der Waals surface area contributed by atoms with Crippen LogP contribution in [0.2, 0.25) is 0 Å². The maximum atomic E-state index is 13.6. The van der Waals surface area contributed by atoms with E-state index in [1.165, 1.54) is 18.4 Å². The average Bonchev–Trinajstić information content (AvgIpc) is 2.67. The molecule has 0 aliphatic carbocycles. The van der Waals surface area contributed by atoms with E-state index in [0.717, 1.165) is 36.8 Å². The molecule has 1 fully saturated rings. The van der Waals surface area contributed by atoms with Crippen molar-refractivity contribution in [3.8, 4) is 0 Å². The molecule has 2 atom stereocenters. The first-order valence-corrected chi connectivity index (χ1v) is 11.4. The van der Waals surface area contributed by atoms with Crippen LogP contribution in [0.25, 0.3) is 0 Å². The Morgan fingerprint density at radius 2 is 1.96 bits per heavy atom. The maximum absolute atomic E-state index is 13.6. The van der Waals surface area contributed by atoms with Crippen molar-refractivity contribution >= 4 is 13.3 Å². The van der Waals surface area contributed by atoms with E-state index in [-0.39, 0.29) is 12.1 Å². The zero-order valence-corrected chi connectivity index (χ0v) is 16.8. The van der Waals surface area contributed by atoms with Crippen LogP contribution in [0.1, 0.15) is 45.1 Å². The van der Waals surface area contributed by atoms with Crippen molar-refractivity contribution in [3.05, 3.63) is 41.2 Å². The van der Waals surface area contributed by atoms with E-state index in [4.69, 9.17) is 9.05 Å². The predicted molar refractivity (Wildman–Crippen MR) is 107 cm³/mol. The van der Waals surface area contributed by atoms with Gasteiger partial charge < -0.3 is 19.7 Å². The predicted octanol–water partition coefficient (Wildman–Crippen LogP) is 4.71. The lowest BCUT2D eigenvalue weighted by Gasteiger charge is -2.33. The van der Waals surface area contributed by atoms with Crippen molar-refractivity contribution in [3.63, 3.8) is 0 Å². The second-order valence-electron chi connectivity index (χ2n) is 6.87. The van der Waals surface area contributed by atoms with Gasteiger partial charge in [0.15, 0.2) is 0 Å². The Morgan fingerprint density at radius 1 is 1.19 bits per heavy atom. The van der Waals surface area contributed by atoms with Crippen LogP contribution in [0.3, 0.4) is 0 Å². The van der Waals surface area contributed by atoms with Crippen molar-refractivity contribution in [1.82, 2.24) is 5.32 Å². The summed E-state index contributed by atoms with van der Waals surface area (Å²) in [4.78, 5) is 0. The van der Waals surface area contributed by atoms with Gasteiger partial charge in [0.1, 0.15) is 0 Å². The first-order valence-electron chi connectivity index (χ1n) is 9.85. The van der Waals surface area contributed by atoms with Gasteiger partial charge in [-0.3, -0.25) is 4.57 Å². The molecule has 2 aliphatic heterocycles. The summed E-state index contributed by atoms with van der Waals surface area (Å²) in [5.74, 6) is 0. The molecule has 2 heterocycles. The minimum atomic E-state index is -3.32. The van der Waals surface area contributed by atoms with Crippen molar-refractivity contribution in [1.29, 1.82) is 0 Å². The molecule has 3 rings (SSSR count). The summed E-state index contributed by atoms with van der Waals surface area (Å²) in [7, 11) is -3.32. The van der Waals surface area contributed by atoms with E-state index >= 15 is 0 Å². The molecule has 6 heteroatoms. The van der Waals surface area contributed by atoms with E-state index < -0.39 is 7.60 Å². The highest BCUT2D eigenvalue weighted by molar-refractivity contribution is 7.58. The molecular formula is C20H31N2O3P. The van der Waals surface area contributed by atoms with Crippen LogP contribution in [0.4, 0.5) is 5.69 Å². The molecule has 1 aromatic rings. The van der Waals surface area contributed by atoms with E-state index in [1.54, 1.807) is 0 Å². The molecule has 1 aromatic carbocycles. The highest BCUT2D eigenvalue weighted by Gasteiger charge is 2.37. The molecule has 5 nitrogen and oxygen atoms in total. The normalized spacial score (nSPS) is 24.0. The zero-order valence-electron chi connectivity index (χ0n) is 15.9. The third kappa shape index (κ3) is 4.58. The summed E-state index contributed by atoms with van der Waals surface area (Å²) in [6.45, 7) is 5.48. The Kier molecular flexibility index (Phi) is 6.93. The molecule has 0 bridgehead atoms. The Morgan fingerprint density at radius 3 is 2.65 bits per heavy atom. The van der Waals surface area contributed by atoms with Gasteiger partial charge in [0.25, 0.3) is 0 Å². The van der Waals surface area contributed by atoms with E-state index in [2.05, 4.69) is 34.9 Å². The summed E-state index contributed by atoms with van der Waals surface area (Å²) in [5.41, 5.74) is 2.42. The number of rotatable bonds is 7. The van der Waals surface area contributed by atoms with E-state index in [9.17, 15) is 4.57 Å². The van der Waals surface area contributed by atoms with Gasteiger partial charge in [-0.2, -0.15) is 0 Å². The van der Waals surface area contributed by atoms with Gasteiger partial charge in [-0.25, -0.2) is 0 Å². The number of hydrogen-bond donors (Lipinski definition) is 2. The Bertz CT molecular complexity index is 661. The Labute approximate surface area is 157 Å². The van der Waals surface area contributed by atoms with Crippen LogP contribution < -0.4 is 10.6 Å². The fourth-order valence-electron chi connectivity index (χ4n) is 3.81. The molecule has 2 unspecified atom stereocenters. The van der Waals surface area contributed by atoms with Gasteiger partial charge in [0.05, 0.1) is 24.6 Å². The molecule has 0 radical (unpaired) electrons. The largest absolute Gasteiger partial charge is 0.378 e. The van der Waals surface area contributed by atoms with Crippen LogP contribution in [0.15, 0.2) is 35.7 Å². The van der Waals surface area contributed by atoms with Gasteiger partial charge in [-0.15, -0.1) is 0 Å². The lowest BCUT2D eigenvalue weighted by atomic mass is 9.96. The van der Waals surface area contributed by atoms with Crippen molar-refractivity contribution < 1.29 is 13.6 Å². The van der Waals surface area contributed by atoms with Crippen molar-refractivity contribution in [2.24, 2.45) is 0 Å². The van der Waals surface area contributed by atoms with Crippen LogP contribution in [-0.4, -0.2) is 31.8 Å². The number of benzene rings is 1. The minimum Gasteiger partial charge on any atom is -0.378 e. The van der Waals surface area contributed by atoms with E-state index in [0.29, 0.717) is 13.2 Å². The minimum absolute atomic E-state index is 0.0300. The topological polar surface area (TPSA) is 59.6 Å². The number of para-hydroxylation sites is 1. The molecule has 1 saturated heterocycles. The number of fused-ring (bicyclic) bond motifs is 1. The third-order valence-corrected chi connectivity index (χ3v) is 7.33. The molecule has 26 heavy (non-hydrogen) atoms. The SMILES string of the molecule is CCOP(=O)(OCC)/C(=C/C1CCCCN1)C1CCc2ccccc2N1. The first kappa shape index (κ1) is 19.6. The molecule has 0 spiro atoms. The monoisotopic (exact) mass is 378 g/mol. The zero-order chi connectivity index (χ0) is 18.4. The highest BCUT2D eigenvalue weighted by atomic mass is 31.2. The second-order valence-corrected chi connectivity index (χ2v) is 8.90. The fraction of sp³-hybridized carbons (Fsp3) is 0.600. The lowest BCUT2D eigenvalue weighted by Crippen LogP contribution is -2.35. The summed E-state index contributed by atoms with van der Waals surface area (Å²) >= 11 is 0. The smallest absolute Gasteiger partial charge is 0.359 e. The number of nitrogens with one attached hydrogen (secondary N) is 2. The van der Waals surface area contributed by atoms with E-state index in [1.807, 2.05) is 19.9 Å². The Balaban J connectivity index is 1.92. The van der Waals surface area contributed by atoms with Gasteiger partial charge in [0.2, 0.25) is 0 Å². The molecule has 0 aromatic heterocycles. The average molecular weight is 378 g/mol. The third-order valence-electron chi connectivity index (χ3n) is 5.04. The first-order chi connectivity index (χ1) is 12.7. The highest BCUT2D eigenvalue weighted by Crippen LogP contribution is 2.58. The molecule has 144 valence electrons. The van der Waals surface area contributed by atoms with Gasteiger partial charge in [0, 0.05) is 11.7 Å². The van der Waals surface area contributed by atoms with Gasteiger partial charge >= 0.3 is 7.60 Å².